The van der Waals surface area contributed by atoms with Crippen LogP contribution in [0.25, 0.3) is 0 Å². The third-order valence-electron chi connectivity index (χ3n) is 4.58. The molecule has 1 aliphatic carbocycles. The minimum atomic E-state index is -3.84. The van der Waals surface area contributed by atoms with Crippen LogP contribution in [0.3, 0.4) is 0 Å². The lowest BCUT2D eigenvalue weighted by molar-refractivity contribution is 0.103. The molecule has 0 spiro atoms. The molecule has 0 radical (unpaired) electrons. The number of fused-ring (bicyclic) bond motifs is 1. The van der Waals surface area contributed by atoms with Crippen LogP contribution in [-0.4, -0.2) is 28.4 Å². The highest BCUT2D eigenvalue weighted by Crippen LogP contribution is 2.33. The Morgan fingerprint density at radius 1 is 1.31 bits per heavy atom. The highest BCUT2D eigenvalue weighted by atomic mass is 32.2. The zero-order chi connectivity index (χ0) is 19.1. The highest BCUT2D eigenvalue weighted by molar-refractivity contribution is 7.89. The van der Waals surface area contributed by atoms with Crippen LogP contribution >= 0.6 is 11.3 Å². The lowest BCUT2D eigenvalue weighted by atomic mass is 9.90. The van der Waals surface area contributed by atoms with Crippen LogP contribution in [0.15, 0.2) is 29.2 Å². The summed E-state index contributed by atoms with van der Waals surface area (Å²) < 4.78 is 23.3. The molecule has 0 bridgehead atoms. The maximum absolute atomic E-state index is 12.7. The molecular weight excluding hydrogens is 370 g/mol. The molecule has 1 amide bonds. The molecule has 140 valence electrons. The number of nitrogens with zero attached hydrogens (tertiary/aromatic N) is 1. The number of rotatable bonds is 4. The number of hydrogen-bond donors (Lipinski definition) is 2. The minimum Gasteiger partial charge on any atom is -0.376 e. The van der Waals surface area contributed by atoms with E-state index in [0.717, 1.165) is 19.3 Å². The van der Waals surface area contributed by atoms with E-state index in [1.165, 1.54) is 33.9 Å². The van der Waals surface area contributed by atoms with Gasteiger partial charge in [0, 0.05) is 19.0 Å². The Morgan fingerprint density at radius 3 is 2.69 bits per heavy atom. The molecule has 0 saturated carbocycles. The predicted molar refractivity (Wildman–Crippen MR) is 106 cm³/mol. The summed E-state index contributed by atoms with van der Waals surface area (Å²) in [6, 6.07) is 6.43. The second kappa shape index (κ2) is 7.02. The number of hydrogen-bond acceptors (Lipinski definition) is 5. The summed E-state index contributed by atoms with van der Waals surface area (Å²) >= 11 is 1.52. The van der Waals surface area contributed by atoms with Gasteiger partial charge in [0.1, 0.15) is 0 Å². The van der Waals surface area contributed by atoms with Crippen LogP contribution in [0.5, 0.6) is 0 Å². The van der Waals surface area contributed by atoms with Crippen LogP contribution < -0.4 is 15.4 Å². The van der Waals surface area contributed by atoms with E-state index < -0.39 is 10.0 Å². The monoisotopic (exact) mass is 393 g/mol. The van der Waals surface area contributed by atoms with Gasteiger partial charge in [-0.2, -0.15) is 0 Å². The van der Waals surface area contributed by atoms with Gasteiger partial charge in [0.25, 0.3) is 5.91 Å². The van der Waals surface area contributed by atoms with Gasteiger partial charge in [-0.15, -0.1) is 11.3 Å². The minimum absolute atomic E-state index is 0.0299. The third-order valence-corrected chi connectivity index (χ3v) is 6.73. The van der Waals surface area contributed by atoms with E-state index in [-0.39, 0.29) is 10.8 Å². The molecule has 6 nitrogen and oxygen atoms in total. The number of sulfonamides is 1. The molecule has 3 rings (SSSR count). The molecule has 1 aliphatic rings. The van der Waals surface area contributed by atoms with Gasteiger partial charge >= 0.3 is 0 Å². The topological polar surface area (TPSA) is 92.5 Å². The van der Waals surface area contributed by atoms with Gasteiger partial charge in [0.15, 0.2) is 0 Å². The summed E-state index contributed by atoms with van der Waals surface area (Å²) in [6.45, 7) is 2.22. The van der Waals surface area contributed by atoms with Gasteiger partial charge < -0.3 is 10.2 Å². The van der Waals surface area contributed by atoms with E-state index in [1.54, 1.807) is 6.07 Å². The van der Waals surface area contributed by atoms with Crippen molar-refractivity contribution < 1.29 is 13.2 Å². The molecule has 26 heavy (non-hydrogen) atoms. The van der Waals surface area contributed by atoms with Crippen molar-refractivity contribution in [1.82, 2.24) is 0 Å². The largest absolute Gasteiger partial charge is 0.376 e. The molecule has 1 heterocycles. The number of carbonyl (C=O) groups is 1. The lowest BCUT2D eigenvalue weighted by Gasteiger charge is -2.18. The van der Waals surface area contributed by atoms with Gasteiger partial charge in [0.2, 0.25) is 10.0 Å². The van der Waals surface area contributed by atoms with Gasteiger partial charge in [-0.1, -0.05) is 6.92 Å². The zero-order valence-corrected chi connectivity index (χ0v) is 16.7. The first-order valence-electron chi connectivity index (χ1n) is 8.42. The first kappa shape index (κ1) is 18.9. The Morgan fingerprint density at radius 2 is 2.04 bits per heavy atom. The second-order valence-electron chi connectivity index (χ2n) is 6.98. The SMILES string of the molecule is C[C@H]1CCc2sc(C(=O)Nc3cc(S(N)(=O)=O)ccc3N(C)C)cc2C1. The summed E-state index contributed by atoms with van der Waals surface area (Å²) in [4.78, 5) is 16.5. The summed E-state index contributed by atoms with van der Waals surface area (Å²) in [5.41, 5.74) is 2.39. The zero-order valence-electron chi connectivity index (χ0n) is 15.1. The molecule has 1 aromatic heterocycles. The van der Waals surface area contributed by atoms with Crippen LogP contribution in [0.4, 0.5) is 11.4 Å². The Labute approximate surface area is 158 Å². The molecule has 3 N–H and O–H groups in total. The Kier molecular flexibility index (Phi) is 5.09. The van der Waals surface area contributed by atoms with E-state index in [4.69, 9.17) is 5.14 Å². The number of benzene rings is 1. The van der Waals surface area contributed by atoms with Gasteiger partial charge in [0.05, 0.1) is 21.1 Å². The number of thiophene rings is 1. The fourth-order valence-electron chi connectivity index (χ4n) is 3.18. The predicted octanol–water partition coefficient (Wildman–Crippen LogP) is 2.84. The highest BCUT2D eigenvalue weighted by Gasteiger charge is 2.22. The normalized spacial score (nSPS) is 16.8. The van der Waals surface area contributed by atoms with Crippen molar-refractivity contribution >= 4 is 38.6 Å². The summed E-state index contributed by atoms with van der Waals surface area (Å²) in [7, 11) is -0.191. The van der Waals surface area contributed by atoms with Crippen LogP contribution in [0.1, 0.15) is 33.5 Å². The van der Waals surface area contributed by atoms with Crippen molar-refractivity contribution in [2.24, 2.45) is 11.1 Å². The van der Waals surface area contributed by atoms with E-state index in [0.29, 0.717) is 22.2 Å². The molecule has 2 aromatic rings. The van der Waals surface area contributed by atoms with E-state index in [9.17, 15) is 13.2 Å². The smallest absolute Gasteiger partial charge is 0.265 e. The van der Waals surface area contributed by atoms with Crippen LogP contribution in [0.2, 0.25) is 0 Å². The first-order chi connectivity index (χ1) is 12.1. The number of primary sulfonamides is 1. The Bertz CT molecular complexity index is 949. The second-order valence-corrected chi connectivity index (χ2v) is 9.68. The molecule has 1 atom stereocenters. The maximum atomic E-state index is 12.7. The van der Waals surface area contributed by atoms with Crippen molar-refractivity contribution in [3.05, 3.63) is 39.6 Å². The Balaban J connectivity index is 1.91. The molecule has 0 saturated heterocycles. The number of carbonyl (C=O) groups excluding carboxylic acids is 1. The van der Waals surface area contributed by atoms with Gasteiger partial charge in [-0.25, -0.2) is 13.6 Å². The third kappa shape index (κ3) is 3.92. The average molecular weight is 394 g/mol. The molecular formula is C18H23N3O3S2. The summed E-state index contributed by atoms with van der Waals surface area (Å²) in [5, 5.41) is 8.07. The number of amides is 1. The van der Waals surface area contributed by atoms with E-state index in [1.807, 2.05) is 25.1 Å². The fourth-order valence-corrected chi connectivity index (χ4v) is 4.83. The average Bonchev–Trinajstić information content (AvgIpc) is 2.96. The summed E-state index contributed by atoms with van der Waals surface area (Å²) in [5.74, 6) is 0.409. The number of nitrogens with one attached hydrogen (secondary N) is 1. The molecule has 0 unspecified atom stereocenters. The van der Waals surface area contributed by atoms with Crippen LogP contribution in [-0.2, 0) is 22.9 Å². The van der Waals surface area contributed by atoms with Crippen molar-refractivity contribution in [2.45, 2.75) is 31.1 Å². The quantitative estimate of drug-likeness (QED) is 0.835. The standard InChI is InChI=1S/C18H23N3O3S2/c1-11-4-7-16-12(8-11)9-17(25-16)18(22)20-14-10-13(26(19,23)24)5-6-15(14)21(2)3/h5-6,9-11H,4,7-8H2,1-3H3,(H,20,22)(H2,19,23,24)/t11-/m0/s1. The Hall–Kier alpha value is -1.90. The summed E-state index contributed by atoms with van der Waals surface area (Å²) in [6.07, 6.45) is 3.16. The van der Waals surface area contributed by atoms with Crippen LogP contribution in [0, 0.1) is 5.92 Å². The van der Waals surface area contributed by atoms with Crippen molar-refractivity contribution in [3.8, 4) is 0 Å². The molecule has 8 heteroatoms. The maximum Gasteiger partial charge on any atom is 0.265 e. The molecule has 0 fully saturated rings. The van der Waals surface area contributed by atoms with Gasteiger partial charge in [-0.05, 0) is 55.0 Å². The van der Waals surface area contributed by atoms with E-state index in [2.05, 4.69) is 12.2 Å². The van der Waals surface area contributed by atoms with Crippen molar-refractivity contribution in [1.29, 1.82) is 0 Å². The number of anilines is 2. The van der Waals surface area contributed by atoms with E-state index >= 15 is 0 Å². The van der Waals surface area contributed by atoms with Crippen molar-refractivity contribution in [2.75, 3.05) is 24.3 Å². The fraction of sp³-hybridized carbons (Fsp3) is 0.389. The first-order valence-corrected chi connectivity index (χ1v) is 10.8. The van der Waals surface area contributed by atoms with Crippen molar-refractivity contribution in [3.63, 3.8) is 0 Å². The lowest BCUT2D eigenvalue weighted by Crippen LogP contribution is -2.18. The number of aryl methyl sites for hydroxylation is 1. The number of nitrogens with two attached hydrogens (primary N) is 1. The molecule has 1 aromatic carbocycles. The molecule has 0 aliphatic heterocycles. The van der Waals surface area contributed by atoms with Gasteiger partial charge in [-0.3, -0.25) is 4.79 Å².